The van der Waals surface area contributed by atoms with Gasteiger partial charge in [-0.2, -0.15) is 0 Å². The predicted molar refractivity (Wildman–Crippen MR) is 65.2 cm³/mol. The normalized spacial score (nSPS) is 7.94. The number of aliphatic hydroxyl groups is 2. The molecule has 4 nitrogen and oxygen atoms in total. The summed E-state index contributed by atoms with van der Waals surface area (Å²) in [5.41, 5.74) is 1.21. The Morgan fingerprint density at radius 1 is 1.00 bits per heavy atom. The van der Waals surface area contributed by atoms with Gasteiger partial charge in [-0.1, -0.05) is 13.0 Å². The molecule has 2 N–H and O–H groups in total. The average Bonchev–Trinajstić information content (AvgIpc) is 2.42. The Labute approximate surface area is 97.4 Å². The molecule has 94 valence electrons. The van der Waals surface area contributed by atoms with E-state index in [1.54, 1.807) is 14.2 Å². The molecule has 0 aromatic heterocycles. The van der Waals surface area contributed by atoms with E-state index in [9.17, 15) is 0 Å². The second-order valence-electron chi connectivity index (χ2n) is 2.53. The van der Waals surface area contributed by atoms with Gasteiger partial charge in [0.05, 0.1) is 14.2 Å². The molecule has 0 saturated heterocycles. The van der Waals surface area contributed by atoms with Crippen LogP contribution < -0.4 is 9.47 Å². The molecule has 0 atom stereocenters. The van der Waals surface area contributed by atoms with Crippen LogP contribution in [0.15, 0.2) is 18.2 Å². The highest BCUT2D eigenvalue weighted by atomic mass is 16.5. The third-order valence-electron chi connectivity index (χ3n) is 1.88. The van der Waals surface area contributed by atoms with E-state index in [4.69, 9.17) is 19.7 Å². The Bertz CT molecular complexity index is 261. The van der Waals surface area contributed by atoms with Crippen LogP contribution in [-0.2, 0) is 6.42 Å². The Morgan fingerprint density at radius 3 is 1.94 bits per heavy atom. The molecule has 0 radical (unpaired) electrons. The van der Waals surface area contributed by atoms with Crippen LogP contribution in [0.1, 0.15) is 12.5 Å². The van der Waals surface area contributed by atoms with Crippen LogP contribution in [0.4, 0.5) is 0 Å². The van der Waals surface area contributed by atoms with Crippen LogP contribution in [-0.4, -0.2) is 38.7 Å². The van der Waals surface area contributed by atoms with Crippen molar-refractivity contribution < 1.29 is 19.7 Å². The standard InChI is InChI=1S/C10H14O2.2CH4O/c1-4-8-5-6-9(11-2)7-10(8)12-3;2*1-2/h5-7H,4H2,1-3H3;2*2H,1H3. The molecule has 0 bridgehead atoms. The van der Waals surface area contributed by atoms with Gasteiger partial charge in [-0.05, 0) is 18.1 Å². The first kappa shape index (κ1) is 17.1. The number of methoxy groups -OCH3 is 2. The lowest BCUT2D eigenvalue weighted by Crippen LogP contribution is -1.91. The average molecular weight is 230 g/mol. The summed E-state index contributed by atoms with van der Waals surface area (Å²) >= 11 is 0. The number of aryl methyl sites for hydroxylation is 1. The molecular formula is C12H22O4. The summed E-state index contributed by atoms with van der Waals surface area (Å²) in [5, 5.41) is 14.0. The van der Waals surface area contributed by atoms with E-state index in [0.29, 0.717) is 0 Å². The van der Waals surface area contributed by atoms with Crippen molar-refractivity contribution in [3.8, 4) is 11.5 Å². The van der Waals surface area contributed by atoms with Crippen molar-refractivity contribution in [3.05, 3.63) is 23.8 Å². The Balaban J connectivity index is 0. The van der Waals surface area contributed by atoms with Crippen molar-refractivity contribution in [3.63, 3.8) is 0 Å². The van der Waals surface area contributed by atoms with E-state index in [1.807, 2.05) is 18.2 Å². The third kappa shape index (κ3) is 5.58. The lowest BCUT2D eigenvalue weighted by Gasteiger charge is -2.07. The number of hydrogen-bond acceptors (Lipinski definition) is 4. The van der Waals surface area contributed by atoms with Gasteiger partial charge in [-0.15, -0.1) is 0 Å². The number of ether oxygens (including phenoxy) is 2. The third-order valence-corrected chi connectivity index (χ3v) is 1.88. The number of rotatable bonds is 3. The smallest absolute Gasteiger partial charge is 0.125 e. The predicted octanol–water partition coefficient (Wildman–Crippen LogP) is 1.48. The zero-order valence-corrected chi connectivity index (χ0v) is 10.7. The SMILES string of the molecule is CCc1ccc(OC)cc1OC.CO.CO. The second-order valence-corrected chi connectivity index (χ2v) is 2.53. The Morgan fingerprint density at radius 2 is 1.56 bits per heavy atom. The van der Waals surface area contributed by atoms with Crippen molar-refractivity contribution in [1.29, 1.82) is 0 Å². The highest BCUT2D eigenvalue weighted by Crippen LogP contribution is 2.24. The Hall–Kier alpha value is -1.26. The zero-order chi connectivity index (χ0) is 13.0. The van der Waals surface area contributed by atoms with Crippen molar-refractivity contribution in [1.82, 2.24) is 0 Å². The number of benzene rings is 1. The molecule has 1 rings (SSSR count). The van der Waals surface area contributed by atoms with Crippen molar-refractivity contribution in [2.24, 2.45) is 0 Å². The van der Waals surface area contributed by atoms with Crippen LogP contribution in [0.2, 0.25) is 0 Å². The number of aliphatic hydroxyl groups excluding tert-OH is 2. The molecule has 0 saturated carbocycles. The number of hydrogen-bond donors (Lipinski definition) is 2. The fourth-order valence-corrected chi connectivity index (χ4v) is 1.14. The molecule has 0 heterocycles. The van der Waals surface area contributed by atoms with E-state index in [0.717, 1.165) is 32.1 Å². The van der Waals surface area contributed by atoms with Gasteiger partial charge in [0.25, 0.3) is 0 Å². The summed E-state index contributed by atoms with van der Waals surface area (Å²) in [5.74, 6) is 1.74. The van der Waals surface area contributed by atoms with Crippen LogP contribution in [0.3, 0.4) is 0 Å². The molecule has 1 aromatic carbocycles. The topological polar surface area (TPSA) is 58.9 Å². The van der Waals surface area contributed by atoms with E-state index >= 15 is 0 Å². The van der Waals surface area contributed by atoms with Gasteiger partial charge < -0.3 is 19.7 Å². The monoisotopic (exact) mass is 230 g/mol. The van der Waals surface area contributed by atoms with Crippen LogP contribution in [0.25, 0.3) is 0 Å². The lowest BCUT2D eigenvalue weighted by atomic mass is 10.1. The van der Waals surface area contributed by atoms with E-state index < -0.39 is 0 Å². The van der Waals surface area contributed by atoms with Gasteiger partial charge in [-0.25, -0.2) is 0 Å². The zero-order valence-electron chi connectivity index (χ0n) is 10.7. The summed E-state index contributed by atoms with van der Waals surface area (Å²) in [6.07, 6.45) is 0.979. The van der Waals surface area contributed by atoms with Crippen molar-refractivity contribution in [2.45, 2.75) is 13.3 Å². The highest BCUT2D eigenvalue weighted by molar-refractivity contribution is 5.40. The molecule has 1 aromatic rings. The fraction of sp³-hybridized carbons (Fsp3) is 0.500. The first-order valence-electron chi connectivity index (χ1n) is 4.92. The summed E-state index contributed by atoms with van der Waals surface area (Å²) in [7, 11) is 5.33. The van der Waals surface area contributed by atoms with Gasteiger partial charge >= 0.3 is 0 Å². The highest BCUT2D eigenvalue weighted by Gasteiger charge is 2.01. The molecule has 4 heteroatoms. The van der Waals surface area contributed by atoms with Crippen LogP contribution >= 0.6 is 0 Å². The minimum Gasteiger partial charge on any atom is -0.497 e. The van der Waals surface area contributed by atoms with Crippen molar-refractivity contribution >= 4 is 0 Å². The first-order chi connectivity index (χ1) is 7.81. The van der Waals surface area contributed by atoms with Gasteiger partial charge in [0.1, 0.15) is 11.5 Å². The lowest BCUT2D eigenvalue weighted by molar-refractivity contribution is 0.391. The van der Waals surface area contributed by atoms with Gasteiger partial charge in [0.2, 0.25) is 0 Å². The van der Waals surface area contributed by atoms with Crippen LogP contribution in [0.5, 0.6) is 11.5 Å². The van der Waals surface area contributed by atoms with Gasteiger partial charge in [-0.3, -0.25) is 0 Å². The van der Waals surface area contributed by atoms with Gasteiger partial charge in [0, 0.05) is 20.3 Å². The molecule has 0 spiro atoms. The molecule has 0 aliphatic heterocycles. The van der Waals surface area contributed by atoms with Crippen LogP contribution in [0, 0.1) is 0 Å². The fourth-order valence-electron chi connectivity index (χ4n) is 1.14. The van der Waals surface area contributed by atoms with E-state index in [2.05, 4.69) is 6.92 Å². The molecule has 0 fully saturated rings. The summed E-state index contributed by atoms with van der Waals surface area (Å²) in [4.78, 5) is 0. The molecule has 16 heavy (non-hydrogen) atoms. The molecular weight excluding hydrogens is 208 g/mol. The second kappa shape index (κ2) is 11.8. The maximum Gasteiger partial charge on any atom is 0.125 e. The maximum absolute atomic E-state index is 7.00. The maximum atomic E-state index is 7.00. The minimum absolute atomic E-state index is 0.837. The first-order valence-corrected chi connectivity index (χ1v) is 4.92. The minimum atomic E-state index is 0.837. The quantitative estimate of drug-likeness (QED) is 0.826. The molecule has 0 aliphatic carbocycles. The van der Waals surface area contributed by atoms with Gasteiger partial charge in [0.15, 0.2) is 0 Å². The Kier molecular flexibility index (Phi) is 12.7. The largest absolute Gasteiger partial charge is 0.497 e. The summed E-state index contributed by atoms with van der Waals surface area (Å²) < 4.78 is 10.3. The van der Waals surface area contributed by atoms with Crippen molar-refractivity contribution in [2.75, 3.05) is 28.4 Å². The van der Waals surface area contributed by atoms with E-state index in [1.165, 1.54) is 5.56 Å². The summed E-state index contributed by atoms with van der Waals surface area (Å²) in [6.45, 7) is 2.10. The summed E-state index contributed by atoms with van der Waals surface area (Å²) in [6, 6.07) is 5.87. The molecule has 0 aliphatic rings. The van der Waals surface area contributed by atoms with E-state index in [-0.39, 0.29) is 0 Å². The molecule has 0 amide bonds. The molecule has 0 unspecified atom stereocenters.